The molecular formula is C12H11NO6S. The van der Waals surface area contributed by atoms with E-state index in [0.717, 1.165) is 11.3 Å². The second kappa shape index (κ2) is 5.35. The number of hydrogen-bond donors (Lipinski definition) is 4. The molecule has 0 saturated carbocycles. The van der Waals surface area contributed by atoms with Crippen molar-refractivity contribution in [1.82, 2.24) is 0 Å². The van der Waals surface area contributed by atoms with Crippen molar-refractivity contribution in [2.75, 3.05) is 18.9 Å². The van der Waals surface area contributed by atoms with Crippen LogP contribution in [0.4, 0.5) is 5.69 Å². The zero-order chi connectivity index (χ0) is 14.9. The number of nitrogens with two attached hydrogens (primary N) is 1. The van der Waals surface area contributed by atoms with Crippen LogP contribution in [-0.2, 0) is 0 Å². The Morgan fingerprint density at radius 3 is 2.50 bits per heavy atom. The molecule has 1 aromatic carbocycles. The average molecular weight is 297 g/mol. The van der Waals surface area contributed by atoms with Crippen LogP contribution in [0.25, 0.3) is 10.1 Å². The van der Waals surface area contributed by atoms with E-state index in [2.05, 4.69) is 0 Å². The van der Waals surface area contributed by atoms with Gasteiger partial charge in [0.05, 0.1) is 27.9 Å². The Morgan fingerprint density at radius 2 is 1.95 bits per heavy atom. The van der Waals surface area contributed by atoms with Crippen molar-refractivity contribution >= 4 is 39.0 Å². The number of aliphatic hydroxyl groups is 1. The van der Waals surface area contributed by atoms with Crippen LogP contribution in [0.2, 0.25) is 0 Å². The minimum atomic E-state index is -1.23. The molecule has 7 nitrogen and oxygen atoms in total. The summed E-state index contributed by atoms with van der Waals surface area (Å²) < 4.78 is 5.51. The maximum atomic E-state index is 11.2. The van der Waals surface area contributed by atoms with Crippen molar-refractivity contribution in [3.05, 3.63) is 22.6 Å². The fraction of sp³-hybridized carbons (Fsp3) is 0.167. The average Bonchev–Trinajstić information content (AvgIpc) is 2.74. The Hall–Kier alpha value is -2.32. The molecule has 0 fully saturated rings. The van der Waals surface area contributed by atoms with Crippen molar-refractivity contribution < 1.29 is 29.6 Å². The number of anilines is 1. The molecule has 0 atom stereocenters. The monoisotopic (exact) mass is 297 g/mol. The highest BCUT2D eigenvalue weighted by molar-refractivity contribution is 7.22. The van der Waals surface area contributed by atoms with Crippen molar-refractivity contribution in [1.29, 1.82) is 0 Å². The summed E-state index contributed by atoms with van der Waals surface area (Å²) in [6.07, 6.45) is 0. The van der Waals surface area contributed by atoms with Gasteiger partial charge in [0.2, 0.25) is 0 Å². The molecule has 0 spiro atoms. The Bertz CT molecular complexity index is 693. The zero-order valence-corrected chi connectivity index (χ0v) is 10.9. The van der Waals surface area contributed by atoms with Crippen molar-refractivity contribution in [2.24, 2.45) is 0 Å². The number of aliphatic hydroxyl groups excluding tert-OH is 1. The van der Waals surface area contributed by atoms with Crippen LogP contribution in [0.5, 0.6) is 5.75 Å². The van der Waals surface area contributed by atoms with Crippen LogP contribution in [-0.4, -0.2) is 40.5 Å². The van der Waals surface area contributed by atoms with E-state index >= 15 is 0 Å². The summed E-state index contributed by atoms with van der Waals surface area (Å²) in [5.74, 6) is -2.16. The van der Waals surface area contributed by atoms with E-state index in [0.29, 0.717) is 0 Å². The highest BCUT2D eigenvalue weighted by Crippen LogP contribution is 2.41. The number of ether oxygens (including phenoxy) is 1. The molecule has 0 unspecified atom stereocenters. The number of hydrogen-bond acceptors (Lipinski definition) is 6. The van der Waals surface area contributed by atoms with Crippen LogP contribution in [0.1, 0.15) is 20.0 Å². The molecule has 0 saturated heterocycles. The molecule has 0 amide bonds. The number of carboxylic acids is 2. The largest absolute Gasteiger partial charge is 0.490 e. The first kappa shape index (κ1) is 14.1. The number of rotatable bonds is 5. The van der Waals surface area contributed by atoms with Crippen LogP contribution in [0.3, 0.4) is 0 Å². The van der Waals surface area contributed by atoms with Gasteiger partial charge in [-0.3, -0.25) is 0 Å². The molecule has 20 heavy (non-hydrogen) atoms. The van der Waals surface area contributed by atoms with Gasteiger partial charge < -0.3 is 25.8 Å². The Kier molecular flexibility index (Phi) is 3.77. The van der Waals surface area contributed by atoms with Crippen LogP contribution in [0, 0.1) is 0 Å². The maximum absolute atomic E-state index is 11.2. The lowest BCUT2D eigenvalue weighted by molar-refractivity contribution is 0.0689. The molecule has 0 aliphatic heterocycles. The molecule has 5 N–H and O–H groups in total. The van der Waals surface area contributed by atoms with Crippen molar-refractivity contribution in [2.45, 2.75) is 0 Å². The van der Waals surface area contributed by atoms with Gasteiger partial charge in [-0.2, -0.15) is 0 Å². The van der Waals surface area contributed by atoms with E-state index < -0.39 is 11.9 Å². The topological polar surface area (TPSA) is 130 Å². The number of carboxylic acid groups (broad SMARTS) is 2. The van der Waals surface area contributed by atoms with E-state index in [-0.39, 0.29) is 45.2 Å². The van der Waals surface area contributed by atoms with Crippen LogP contribution < -0.4 is 10.5 Å². The van der Waals surface area contributed by atoms with E-state index in [1.54, 1.807) is 0 Å². The van der Waals surface area contributed by atoms with E-state index in [9.17, 15) is 9.59 Å². The SMILES string of the molecule is Nc1c(C(=O)O)sc2c(C(=O)O)ccc(OCCO)c12. The third-order valence-electron chi connectivity index (χ3n) is 2.61. The van der Waals surface area contributed by atoms with Gasteiger partial charge in [-0.05, 0) is 12.1 Å². The molecule has 0 aliphatic carbocycles. The Labute approximate surface area is 116 Å². The standard InChI is InChI=1S/C12H11NO6S/c13-8-7-6(19-4-3-14)2-1-5(11(15)16)9(7)20-10(8)12(17)18/h1-2,14H,3-4,13H2,(H,15,16)(H,17,18). The molecule has 2 aromatic rings. The zero-order valence-electron chi connectivity index (χ0n) is 10.1. The molecule has 0 radical (unpaired) electrons. The molecule has 1 aromatic heterocycles. The lowest BCUT2D eigenvalue weighted by atomic mass is 10.1. The lowest BCUT2D eigenvalue weighted by Crippen LogP contribution is -2.04. The number of aromatic carboxylic acids is 2. The summed E-state index contributed by atoms with van der Waals surface area (Å²) in [4.78, 5) is 22.1. The third kappa shape index (κ3) is 2.26. The summed E-state index contributed by atoms with van der Waals surface area (Å²) in [6, 6.07) is 2.72. The molecule has 8 heteroatoms. The summed E-state index contributed by atoms with van der Waals surface area (Å²) in [7, 11) is 0. The first-order valence-corrected chi connectivity index (χ1v) is 6.34. The smallest absolute Gasteiger partial charge is 0.348 e. The maximum Gasteiger partial charge on any atom is 0.348 e. The number of thiophene rings is 1. The normalized spacial score (nSPS) is 10.7. The lowest BCUT2D eigenvalue weighted by Gasteiger charge is -2.07. The van der Waals surface area contributed by atoms with E-state index in [1.807, 2.05) is 0 Å². The number of benzene rings is 1. The fourth-order valence-corrected chi connectivity index (χ4v) is 2.88. The quantitative estimate of drug-likeness (QED) is 0.653. The van der Waals surface area contributed by atoms with Gasteiger partial charge in [0.1, 0.15) is 17.2 Å². The van der Waals surface area contributed by atoms with Gasteiger partial charge in [-0.1, -0.05) is 0 Å². The summed E-state index contributed by atoms with van der Waals surface area (Å²) in [5, 5.41) is 27.2. The summed E-state index contributed by atoms with van der Waals surface area (Å²) >= 11 is 0.787. The van der Waals surface area contributed by atoms with Gasteiger partial charge in [-0.25, -0.2) is 9.59 Å². The summed E-state index contributed by atoms with van der Waals surface area (Å²) in [6.45, 7) is -0.225. The Morgan fingerprint density at radius 1 is 1.25 bits per heavy atom. The first-order valence-electron chi connectivity index (χ1n) is 5.52. The van der Waals surface area contributed by atoms with Gasteiger partial charge in [0.25, 0.3) is 0 Å². The minimum absolute atomic E-state index is 0.000784. The molecule has 0 aliphatic rings. The number of carbonyl (C=O) groups is 2. The molecule has 1 heterocycles. The van der Waals surface area contributed by atoms with Crippen molar-refractivity contribution in [3.8, 4) is 5.75 Å². The minimum Gasteiger partial charge on any atom is -0.490 e. The second-order valence-electron chi connectivity index (χ2n) is 3.84. The molecular weight excluding hydrogens is 286 g/mol. The predicted molar refractivity (Wildman–Crippen MR) is 72.7 cm³/mol. The second-order valence-corrected chi connectivity index (χ2v) is 4.86. The number of fused-ring (bicyclic) bond motifs is 1. The van der Waals surface area contributed by atoms with Crippen molar-refractivity contribution in [3.63, 3.8) is 0 Å². The van der Waals surface area contributed by atoms with Gasteiger partial charge in [0.15, 0.2) is 0 Å². The van der Waals surface area contributed by atoms with Gasteiger partial charge in [0, 0.05) is 0 Å². The van der Waals surface area contributed by atoms with E-state index in [1.165, 1.54) is 12.1 Å². The fourth-order valence-electron chi connectivity index (χ4n) is 1.80. The number of nitrogen functional groups attached to an aromatic ring is 1. The molecule has 2 rings (SSSR count). The highest BCUT2D eigenvalue weighted by atomic mass is 32.1. The predicted octanol–water partition coefficient (Wildman–Crippen LogP) is 1.25. The van der Waals surface area contributed by atoms with Crippen LogP contribution in [0.15, 0.2) is 12.1 Å². The summed E-state index contributed by atoms with van der Waals surface area (Å²) in [5.41, 5.74) is 5.70. The molecule has 0 bridgehead atoms. The van der Waals surface area contributed by atoms with Gasteiger partial charge in [-0.15, -0.1) is 11.3 Å². The first-order chi connectivity index (χ1) is 9.47. The molecule has 106 valence electrons. The van der Waals surface area contributed by atoms with Crippen LogP contribution >= 0.6 is 11.3 Å². The van der Waals surface area contributed by atoms with E-state index in [4.69, 9.17) is 25.8 Å². The highest BCUT2D eigenvalue weighted by Gasteiger charge is 2.23. The third-order valence-corrected chi connectivity index (χ3v) is 3.84. The Balaban J connectivity index is 2.75. The van der Waals surface area contributed by atoms with Gasteiger partial charge >= 0.3 is 11.9 Å².